The Balaban J connectivity index is 2.09. The lowest BCUT2D eigenvalue weighted by Crippen LogP contribution is -2.47. The zero-order valence-electron chi connectivity index (χ0n) is 11.1. The lowest BCUT2D eigenvalue weighted by molar-refractivity contribution is -0.116. The van der Waals surface area contributed by atoms with Gasteiger partial charge in [0.2, 0.25) is 0 Å². The normalized spacial score (nSPS) is 22.7. The van der Waals surface area contributed by atoms with Gasteiger partial charge in [0.1, 0.15) is 5.82 Å². The van der Waals surface area contributed by atoms with E-state index in [0.717, 1.165) is 24.1 Å². The van der Waals surface area contributed by atoms with Gasteiger partial charge in [-0.1, -0.05) is 12.1 Å². The molecule has 1 heterocycles. The maximum absolute atomic E-state index is 13.0. The summed E-state index contributed by atoms with van der Waals surface area (Å²) in [5.74, 6) is -0.274. The quantitative estimate of drug-likeness (QED) is 0.855. The van der Waals surface area contributed by atoms with Crippen molar-refractivity contribution in [3.8, 4) is 0 Å². The number of ketones is 1. The first-order chi connectivity index (χ1) is 9.58. The second-order valence-corrected chi connectivity index (χ2v) is 5.13. The molecule has 0 saturated heterocycles. The zero-order valence-corrected chi connectivity index (χ0v) is 11.1. The van der Waals surface area contributed by atoms with Gasteiger partial charge in [-0.3, -0.25) is 4.79 Å². The first kappa shape index (κ1) is 12.8. The van der Waals surface area contributed by atoms with Crippen LogP contribution in [0.2, 0.25) is 0 Å². The van der Waals surface area contributed by atoms with Crippen molar-refractivity contribution in [2.75, 3.05) is 7.05 Å². The van der Waals surface area contributed by atoms with E-state index in [9.17, 15) is 14.0 Å². The standard InChI is InChI=1S/C15H15FN2O2/c1-18-11-3-2-4-12(19)13(11)14(17-15(18)20)9-5-7-10(16)8-6-9/h5-8,14H,2-4H2,1H3,(H,17,20). The van der Waals surface area contributed by atoms with Crippen LogP contribution >= 0.6 is 0 Å². The molecule has 104 valence electrons. The molecule has 2 amide bonds. The highest BCUT2D eigenvalue weighted by Gasteiger charge is 2.37. The summed E-state index contributed by atoms with van der Waals surface area (Å²) in [4.78, 5) is 25.7. The summed E-state index contributed by atoms with van der Waals surface area (Å²) < 4.78 is 13.0. The van der Waals surface area contributed by atoms with Gasteiger partial charge in [0, 0.05) is 24.7 Å². The molecule has 1 N–H and O–H groups in total. The maximum atomic E-state index is 13.0. The number of hydrogen-bond acceptors (Lipinski definition) is 2. The van der Waals surface area contributed by atoms with Gasteiger partial charge in [-0.25, -0.2) is 9.18 Å². The number of carbonyl (C=O) groups excluding carboxylic acids is 2. The van der Waals surface area contributed by atoms with E-state index in [2.05, 4.69) is 5.32 Å². The van der Waals surface area contributed by atoms with E-state index < -0.39 is 6.04 Å². The predicted molar refractivity (Wildman–Crippen MR) is 71.3 cm³/mol. The number of halogens is 1. The number of nitrogens with one attached hydrogen (secondary N) is 1. The van der Waals surface area contributed by atoms with Gasteiger partial charge in [-0.2, -0.15) is 0 Å². The van der Waals surface area contributed by atoms with Crippen LogP contribution in [0.1, 0.15) is 30.9 Å². The fourth-order valence-electron chi connectivity index (χ4n) is 2.84. The van der Waals surface area contributed by atoms with E-state index >= 15 is 0 Å². The lowest BCUT2D eigenvalue weighted by atomic mass is 9.85. The van der Waals surface area contributed by atoms with Crippen LogP contribution in [0.15, 0.2) is 35.5 Å². The van der Waals surface area contributed by atoms with E-state index in [4.69, 9.17) is 0 Å². The first-order valence-electron chi connectivity index (χ1n) is 6.64. The molecule has 1 aliphatic carbocycles. The van der Waals surface area contributed by atoms with Crippen LogP contribution in [-0.2, 0) is 4.79 Å². The van der Waals surface area contributed by atoms with Crippen molar-refractivity contribution >= 4 is 11.8 Å². The maximum Gasteiger partial charge on any atom is 0.322 e. The van der Waals surface area contributed by atoms with E-state index in [-0.39, 0.29) is 17.6 Å². The molecule has 0 aromatic heterocycles. The van der Waals surface area contributed by atoms with Crippen LogP contribution in [0.3, 0.4) is 0 Å². The Morgan fingerprint density at radius 1 is 1.20 bits per heavy atom. The van der Waals surface area contributed by atoms with Crippen LogP contribution in [0.5, 0.6) is 0 Å². The van der Waals surface area contributed by atoms with Crippen molar-refractivity contribution in [3.63, 3.8) is 0 Å². The molecule has 1 unspecified atom stereocenters. The van der Waals surface area contributed by atoms with Gasteiger partial charge in [-0.15, -0.1) is 0 Å². The van der Waals surface area contributed by atoms with Crippen molar-refractivity contribution in [2.24, 2.45) is 0 Å². The fraction of sp³-hybridized carbons (Fsp3) is 0.333. The fourth-order valence-corrected chi connectivity index (χ4v) is 2.84. The molecular weight excluding hydrogens is 259 g/mol. The Bertz CT molecular complexity index is 607. The average Bonchev–Trinajstić information content (AvgIpc) is 2.44. The van der Waals surface area contributed by atoms with Crippen molar-refractivity contribution in [3.05, 3.63) is 46.9 Å². The summed E-state index contributed by atoms with van der Waals surface area (Å²) in [6, 6.07) is 5.20. The molecule has 1 atom stereocenters. The first-order valence-corrected chi connectivity index (χ1v) is 6.64. The minimum atomic E-state index is -0.470. The molecule has 4 nitrogen and oxygen atoms in total. The number of urea groups is 1. The van der Waals surface area contributed by atoms with Crippen molar-refractivity contribution < 1.29 is 14.0 Å². The molecule has 0 spiro atoms. The van der Waals surface area contributed by atoms with Gasteiger partial charge in [0.25, 0.3) is 0 Å². The third-order valence-corrected chi connectivity index (χ3v) is 3.90. The highest BCUT2D eigenvalue weighted by Crippen LogP contribution is 2.36. The number of Topliss-reactive ketones (excluding diaryl/α,β-unsaturated/α-hetero) is 1. The lowest BCUT2D eigenvalue weighted by Gasteiger charge is -2.37. The smallest absolute Gasteiger partial charge is 0.322 e. The Morgan fingerprint density at radius 3 is 2.60 bits per heavy atom. The number of carbonyl (C=O) groups is 2. The highest BCUT2D eigenvalue weighted by atomic mass is 19.1. The third kappa shape index (κ3) is 1.99. The third-order valence-electron chi connectivity index (χ3n) is 3.90. The Labute approximate surface area is 116 Å². The van der Waals surface area contributed by atoms with E-state index in [0.29, 0.717) is 12.0 Å². The van der Waals surface area contributed by atoms with Gasteiger partial charge in [0.15, 0.2) is 5.78 Å². The number of nitrogens with zero attached hydrogens (tertiary/aromatic N) is 1. The minimum absolute atomic E-state index is 0.0624. The highest BCUT2D eigenvalue weighted by molar-refractivity contribution is 6.00. The molecule has 1 aromatic carbocycles. The Kier molecular flexibility index (Phi) is 3.04. The van der Waals surface area contributed by atoms with Crippen LogP contribution in [0.4, 0.5) is 9.18 Å². The number of amides is 2. The van der Waals surface area contributed by atoms with Crippen LogP contribution in [-0.4, -0.2) is 23.8 Å². The summed E-state index contributed by atoms with van der Waals surface area (Å²) in [5, 5.41) is 2.82. The van der Waals surface area contributed by atoms with Gasteiger partial charge < -0.3 is 10.2 Å². The SMILES string of the molecule is CN1C(=O)NC(c2ccc(F)cc2)C2=C1CCCC2=O. The van der Waals surface area contributed by atoms with Gasteiger partial charge in [0.05, 0.1) is 6.04 Å². The number of rotatable bonds is 1. The summed E-state index contributed by atoms with van der Waals surface area (Å²) in [5.41, 5.74) is 2.17. The molecule has 1 aromatic rings. The number of hydrogen-bond donors (Lipinski definition) is 1. The molecule has 5 heteroatoms. The van der Waals surface area contributed by atoms with Crippen molar-refractivity contribution in [1.29, 1.82) is 0 Å². The molecule has 0 saturated carbocycles. The van der Waals surface area contributed by atoms with Crippen LogP contribution < -0.4 is 5.32 Å². The average molecular weight is 274 g/mol. The predicted octanol–water partition coefficient (Wildman–Crippen LogP) is 2.53. The molecule has 0 bridgehead atoms. The summed E-state index contributed by atoms with van der Waals surface area (Å²) in [6.07, 6.45) is 1.99. The molecule has 3 rings (SSSR count). The largest absolute Gasteiger partial charge is 0.327 e. The van der Waals surface area contributed by atoms with Gasteiger partial charge in [-0.05, 0) is 30.5 Å². The second kappa shape index (κ2) is 4.74. The molecule has 0 radical (unpaired) electrons. The van der Waals surface area contributed by atoms with E-state index in [1.807, 2.05) is 0 Å². The number of benzene rings is 1. The monoisotopic (exact) mass is 274 g/mol. The van der Waals surface area contributed by atoms with Crippen molar-refractivity contribution in [2.45, 2.75) is 25.3 Å². The second-order valence-electron chi connectivity index (χ2n) is 5.13. The van der Waals surface area contributed by atoms with Gasteiger partial charge >= 0.3 is 6.03 Å². The van der Waals surface area contributed by atoms with Crippen LogP contribution in [0, 0.1) is 5.82 Å². The summed E-state index contributed by atoms with van der Waals surface area (Å²) in [7, 11) is 1.67. The Hall–Kier alpha value is -2.17. The molecule has 20 heavy (non-hydrogen) atoms. The zero-order chi connectivity index (χ0) is 14.3. The number of allylic oxidation sites excluding steroid dienone is 1. The summed E-state index contributed by atoms with van der Waals surface area (Å²) >= 11 is 0. The van der Waals surface area contributed by atoms with Crippen LogP contribution in [0.25, 0.3) is 0 Å². The minimum Gasteiger partial charge on any atom is -0.327 e. The van der Waals surface area contributed by atoms with Crippen molar-refractivity contribution in [1.82, 2.24) is 10.2 Å². The van der Waals surface area contributed by atoms with E-state index in [1.165, 1.54) is 17.0 Å². The Morgan fingerprint density at radius 2 is 1.90 bits per heavy atom. The topological polar surface area (TPSA) is 49.4 Å². The molecule has 0 fully saturated rings. The summed E-state index contributed by atoms with van der Waals surface area (Å²) in [6.45, 7) is 0. The molecule has 1 aliphatic heterocycles. The molecular formula is C15H15FN2O2. The van der Waals surface area contributed by atoms with E-state index in [1.54, 1.807) is 19.2 Å². The molecule has 2 aliphatic rings.